The lowest BCUT2D eigenvalue weighted by molar-refractivity contribution is 0.415. The van der Waals surface area contributed by atoms with E-state index in [-0.39, 0.29) is 5.56 Å². The minimum Gasteiger partial charge on any atom is -0.497 e. The van der Waals surface area contributed by atoms with Crippen LogP contribution in [0, 0.1) is 0 Å². The van der Waals surface area contributed by atoms with Gasteiger partial charge < -0.3 is 9.30 Å². The summed E-state index contributed by atoms with van der Waals surface area (Å²) in [5, 5.41) is 4.80. The van der Waals surface area contributed by atoms with Crippen LogP contribution in [0.5, 0.6) is 5.75 Å². The van der Waals surface area contributed by atoms with Gasteiger partial charge in [0.05, 0.1) is 30.3 Å². The van der Waals surface area contributed by atoms with Gasteiger partial charge in [0.25, 0.3) is 11.3 Å². The Bertz CT molecular complexity index is 1390. The SMILES string of the molecule is COc1cccc(-c2c3c(=O)n(Cc4ccccc4)ccc3nc3ncnn23)c1. The maximum atomic E-state index is 13.5. The number of pyridine rings is 1. The Morgan fingerprint density at radius 3 is 2.72 bits per heavy atom. The summed E-state index contributed by atoms with van der Waals surface area (Å²) in [6.45, 7) is 0.475. The number of rotatable bonds is 4. The van der Waals surface area contributed by atoms with Gasteiger partial charge in [-0.2, -0.15) is 14.6 Å². The Kier molecular flexibility index (Phi) is 4.05. The van der Waals surface area contributed by atoms with E-state index >= 15 is 0 Å². The second-order valence-electron chi connectivity index (χ2n) is 6.66. The van der Waals surface area contributed by atoms with Crippen molar-refractivity contribution in [1.82, 2.24) is 24.1 Å². The molecule has 0 unspecified atom stereocenters. The number of benzene rings is 2. The average molecular weight is 383 g/mol. The molecule has 0 bridgehead atoms. The highest BCUT2D eigenvalue weighted by Gasteiger charge is 2.17. The van der Waals surface area contributed by atoms with Gasteiger partial charge >= 0.3 is 0 Å². The Morgan fingerprint density at radius 1 is 1.03 bits per heavy atom. The lowest BCUT2D eigenvalue weighted by Crippen LogP contribution is -2.22. The van der Waals surface area contributed by atoms with Gasteiger partial charge in [-0.25, -0.2) is 4.98 Å². The first-order valence-electron chi connectivity index (χ1n) is 9.16. The average Bonchev–Trinajstić information content (AvgIpc) is 3.23. The fourth-order valence-electron chi connectivity index (χ4n) is 3.51. The summed E-state index contributed by atoms with van der Waals surface area (Å²) >= 11 is 0. The van der Waals surface area contributed by atoms with Gasteiger partial charge in [-0.15, -0.1) is 0 Å². The molecule has 2 aromatic carbocycles. The van der Waals surface area contributed by atoms with Crippen molar-refractivity contribution in [2.45, 2.75) is 6.54 Å². The van der Waals surface area contributed by atoms with E-state index in [1.807, 2.05) is 60.7 Å². The topological polar surface area (TPSA) is 74.3 Å². The highest BCUT2D eigenvalue weighted by atomic mass is 16.5. The van der Waals surface area contributed by atoms with Crippen molar-refractivity contribution in [2.24, 2.45) is 0 Å². The number of aromatic nitrogens is 5. The van der Waals surface area contributed by atoms with Crippen LogP contribution in [0.4, 0.5) is 0 Å². The van der Waals surface area contributed by atoms with E-state index in [1.54, 1.807) is 22.4 Å². The Morgan fingerprint density at radius 2 is 1.90 bits per heavy atom. The van der Waals surface area contributed by atoms with Gasteiger partial charge in [0.2, 0.25) is 0 Å². The number of hydrogen-bond donors (Lipinski definition) is 0. The van der Waals surface area contributed by atoms with Crippen LogP contribution < -0.4 is 10.3 Å². The molecule has 142 valence electrons. The third-order valence-electron chi connectivity index (χ3n) is 4.88. The summed E-state index contributed by atoms with van der Waals surface area (Å²) in [5.74, 6) is 1.14. The van der Waals surface area contributed by atoms with Crippen molar-refractivity contribution in [3.05, 3.63) is 89.1 Å². The van der Waals surface area contributed by atoms with E-state index in [2.05, 4.69) is 15.1 Å². The number of hydrogen-bond acceptors (Lipinski definition) is 5. The van der Waals surface area contributed by atoms with Gasteiger partial charge in [0, 0.05) is 11.8 Å². The molecule has 0 N–H and O–H groups in total. The number of nitrogens with zero attached hydrogens (tertiary/aromatic N) is 5. The molecule has 3 heterocycles. The monoisotopic (exact) mass is 383 g/mol. The highest BCUT2D eigenvalue weighted by Crippen LogP contribution is 2.28. The summed E-state index contributed by atoms with van der Waals surface area (Å²) in [4.78, 5) is 22.2. The molecule has 0 spiro atoms. The Labute approximate surface area is 165 Å². The third-order valence-corrected chi connectivity index (χ3v) is 4.88. The van der Waals surface area contributed by atoms with Gasteiger partial charge in [0.1, 0.15) is 12.1 Å². The minimum absolute atomic E-state index is 0.130. The molecule has 5 rings (SSSR count). The van der Waals surface area contributed by atoms with E-state index in [0.717, 1.165) is 11.1 Å². The quantitative estimate of drug-likeness (QED) is 0.477. The molecule has 0 atom stereocenters. The molecule has 3 aromatic heterocycles. The molecule has 0 saturated heterocycles. The molecule has 0 aliphatic carbocycles. The highest BCUT2D eigenvalue weighted by molar-refractivity contribution is 5.93. The predicted molar refractivity (Wildman–Crippen MR) is 110 cm³/mol. The third kappa shape index (κ3) is 2.93. The fourth-order valence-corrected chi connectivity index (χ4v) is 3.51. The van der Waals surface area contributed by atoms with E-state index in [1.165, 1.54) is 6.33 Å². The lowest BCUT2D eigenvalue weighted by atomic mass is 10.1. The predicted octanol–water partition coefficient (Wildman–Crippen LogP) is 3.16. The summed E-state index contributed by atoms with van der Waals surface area (Å²) in [6.07, 6.45) is 3.21. The molecule has 29 heavy (non-hydrogen) atoms. The molecular formula is C22H17N5O2. The second kappa shape index (κ2) is 6.87. The van der Waals surface area contributed by atoms with Crippen molar-refractivity contribution in [2.75, 3.05) is 7.11 Å². The first-order valence-corrected chi connectivity index (χ1v) is 9.16. The number of methoxy groups -OCH3 is 1. The molecule has 7 nitrogen and oxygen atoms in total. The normalized spacial score (nSPS) is 11.2. The van der Waals surface area contributed by atoms with Crippen LogP contribution in [-0.4, -0.2) is 31.3 Å². The first-order chi connectivity index (χ1) is 14.2. The van der Waals surface area contributed by atoms with Crippen molar-refractivity contribution in [3.8, 4) is 17.0 Å². The maximum absolute atomic E-state index is 13.5. The number of fused-ring (bicyclic) bond motifs is 2. The van der Waals surface area contributed by atoms with Crippen LogP contribution in [-0.2, 0) is 6.54 Å². The Balaban J connectivity index is 1.81. The van der Waals surface area contributed by atoms with Crippen LogP contribution in [0.3, 0.4) is 0 Å². The molecule has 0 fully saturated rings. The first kappa shape index (κ1) is 17.1. The van der Waals surface area contributed by atoms with Crippen LogP contribution in [0.1, 0.15) is 5.56 Å². The van der Waals surface area contributed by atoms with Crippen LogP contribution in [0.2, 0.25) is 0 Å². The van der Waals surface area contributed by atoms with Crippen molar-refractivity contribution in [3.63, 3.8) is 0 Å². The molecule has 0 radical (unpaired) electrons. The van der Waals surface area contributed by atoms with E-state index in [4.69, 9.17) is 4.74 Å². The maximum Gasteiger partial charge on any atom is 0.262 e. The van der Waals surface area contributed by atoms with E-state index in [9.17, 15) is 4.79 Å². The van der Waals surface area contributed by atoms with Gasteiger partial charge in [-0.05, 0) is 23.8 Å². The van der Waals surface area contributed by atoms with Crippen LogP contribution in [0.25, 0.3) is 27.9 Å². The fraction of sp³-hybridized carbons (Fsp3) is 0.0909. The second-order valence-corrected chi connectivity index (χ2v) is 6.66. The zero-order valence-electron chi connectivity index (χ0n) is 15.7. The van der Waals surface area contributed by atoms with E-state index in [0.29, 0.717) is 34.7 Å². The molecule has 7 heteroatoms. The van der Waals surface area contributed by atoms with Crippen LogP contribution >= 0.6 is 0 Å². The van der Waals surface area contributed by atoms with Crippen molar-refractivity contribution >= 4 is 16.7 Å². The minimum atomic E-state index is -0.130. The molecule has 0 amide bonds. The largest absolute Gasteiger partial charge is 0.497 e. The Hall–Kier alpha value is -4.00. The van der Waals surface area contributed by atoms with Gasteiger partial charge in [-0.3, -0.25) is 4.79 Å². The number of ether oxygens (including phenoxy) is 1. The smallest absolute Gasteiger partial charge is 0.262 e. The summed E-state index contributed by atoms with van der Waals surface area (Å²) in [6, 6.07) is 19.3. The van der Waals surface area contributed by atoms with Crippen molar-refractivity contribution in [1.29, 1.82) is 0 Å². The lowest BCUT2D eigenvalue weighted by Gasteiger charge is -2.12. The summed E-state index contributed by atoms with van der Waals surface area (Å²) in [5.41, 5.74) is 2.95. The zero-order chi connectivity index (χ0) is 19.8. The summed E-state index contributed by atoms with van der Waals surface area (Å²) < 4.78 is 8.66. The van der Waals surface area contributed by atoms with Gasteiger partial charge in [0.15, 0.2) is 0 Å². The molecule has 0 aliphatic heterocycles. The molecular weight excluding hydrogens is 366 g/mol. The molecule has 0 saturated carbocycles. The standard InChI is InChI=1S/C22H17N5O2/c1-29-17-9-5-8-16(12-17)20-19-18(25-22-23-14-24-27(20)22)10-11-26(21(19)28)13-15-6-3-2-4-7-15/h2-12,14H,13H2,1H3. The zero-order valence-corrected chi connectivity index (χ0v) is 15.7. The van der Waals surface area contributed by atoms with Crippen molar-refractivity contribution < 1.29 is 4.74 Å². The van der Waals surface area contributed by atoms with Crippen LogP contribution in [0.15, 0.2) is 78.0 Å². The molecule has 0 aliphatic rings. The molecule has 5 aromatic rings. The summed E-state index contributed by atoms with van der Waals surface area (Å²) in [7, 11) is 1.61. The van der Waals surface area contributed by atoms with E-state index < -0.39 is 0 Å². The van der Waals surface area contributed by atoms with Gasteiger partial charge in [-0.1, -0.05) is 42.5 Å².